The molecule has 18 heteroatoms. The molecule has 4 N–H and O–H groups in total. The Balaban J connectivity index is 4.53. The highest BCUT2D eigenvalue weighted by Gasteiger charge is 2.29. The number of phosphoric acid groups is 2. The van der Waals surface area contributed by atoms with Gasteiger partial charge in [0, 0.05) is 19.3 Å². The molecule has 0 aromatic heterocycles. The van der Waals surface area contributed by atoms with Gasteiger partial charge in [-0.1, -0.05) is 364 Å². The van der Waals surface area contributed by atoms with Gasteiger partial charge < -0.3 is 34.2 Å². The van der Waals surface area contributed by atoms with E-state index in [1.54, 1.807) is 0 Å². The molecular formula is C97H162O16P2. The number of aliphatic hydroxyl groups excluding tert-OH is 2. The predicted octanol–water partition coefficient (Wildman–Crippen LogP) is 27.7. The van der Waals surface area contributed by atoms with Crippen LogP contribution in [0.5, 0.6) is 0 Å². The summed E-state index contributed by atoms with van der Waals surface area (Å²) in [5, 5.41) is 20.7. The van der Waals surface area contributed by atoms with E-state index < -0.39 is 91.5 Å². The van der Waals surface area contributed by atoms with E-state index in [0.29, 0.717) is 19.3 Å². The smallest absolute Gasteiger partial charge is 0.463 e. The monoisotopic (exact) mass is 1650 g/mol. The Hall–Kier alpha value is -5.35. The number of unbranched alkanes of at least 4 members (excludes halogenated alkanes) is 31. The van der Waals surface area contributed by atoms with Gasteiger partial charge in [-0.05, 0) is 154 Å². The largest absolute Gasteiger partial charge is 0.472 e. The van der Waals surface area contributed by atoms with Gasteiger partial charge >= 0.3 is 33.6 Å². The quantitative estimate of drug-likeness (QED) is 0.0146. The molecule has 0 spiro atoms. The third-order valence-corrected chi connectivity index (χ3v) is 20.5. The average molecular weight is 1650 g/mol. The third-order valence-electron chi connectivity index (χ3n) is 18.6. The van der Waals surface area contributed by atoms with E-state index in [0.717, 1.165) is 193 Å². The Kier molecular flexibility index (Phi) is 83.9. The molecule has 0 radical (unpaired) electrons. The lowest BCUT2D eigenvalue weighted by Gasteiger charge is -2.21. The van der Waals surface area contributed by atoms with Crippen molar-refractivity contribution >= 4 is 33.6 Å². The third kappa shape index (κ3) is 89.3. The van der Waals surface area contributed by atoms with E-state index in [1.165, 1.54) is 103 Å². The Labute approximate surface area is 700 Å². The van der Waals surface area contributed by atoms with Gasteiger partial charge in [-0.15, -0.1) is 0 Å². The minimum absolute atomic E-state index is 0.0790. The van der Waals surface area contributed by atoms with Crippen molar-refractivity contribution in [2.75, 3.05) is 39.6 Å². The van der Waals surface area contributed by atoms with Gasteiger partial charge in [0.15, 0.2) is 6.10 Å². The molecule has 115 heavy (non-hydrogen) atoms. The van der Waals surface area contributed by atoms with Crippen LogP contribution in [0.1, 0.15) is 355 Å². The summed E-state index contributed by atoms with van der Waals surface area (Å²) in [7, 11) is -9.82. The molecule has 0 aromatic rings. The maximum atomic E-state index is 13.0. The lowest BCUT2D eigenvalue weighted by molar-refractivity contribution is -0.161. The fourth-order valence-electron chi connectivity index (χ4n) is 11.9. The molecule has 0 fully saturated rings. The molecule has 16 nitrogen and oxygen atoms in total. The summed E-state index contributed by atoms with van der Waals surface area (Å²) in [5.41, 5.74) is 0. The predicted molar refractivity (Wildman–Crippen MR) is 481 cm³/mol. The van der Waals surface area contributed by atoms with Crippen LogP contribution in [0.3, 0.4) is 0 Å². The summed E-state index contributed by atoms with van der Waals surface area (Å²) in [6.07, 6.45) is 115. The van der Waals surface area contributed by atoms with Gasteiger partial charge in [-0.25, -0.2) is 9.13 Å². The molecule has 5 unspecified atom stereocenters. The van der Waals surface area contributed by atoms with Crippen LogP contribution in [0.4, 0.5) is 0 Å². The Bertz CT molecular complexity index is 2820. The van der Waals surface area contributed by atoms with Crippen molar-refractivity contribution in [1.82, 2.24) is 0 Å². The molecule has 0 saturated carbocycles. The molecular weight excluding hydrogens is 1480 g/mol. The summed E-state index contributed by atoms with van der Waals surface area (Å²) >= 11 is 0. The molecule has 0 amide bonds. The number of ether oxygens (including phenoxy) is 3. The van der Waals surface area contributed by atoms with Crippen molar-refractivity contribution in [3.8, 4) is 0 Å². The van der Waals surface area contributed by atoms with Gasteiger partial charge in [0.25, 0.3) is 0 Å². The van der Waals surface area contributed by atoms with Crippen molar-refractivity contribution in [2.24, 2.45) is 0 Å². The van der Waals surface area contributed by atoms with E-state index in [1.807, 2.05) is 0 Å². The lowest BCUT2D eigenvalue weighted by Crippen LogP contribution is -2.30. The highest BCUT2D eigenvalue weighted by molar-refractivity contribution is 7.47. The lowest BCUT2D eigenvalue weighted by atomic mass is 10.0. The molecule has 0 aliphatic rings. The maximum absolute atomic E-state index is 13.0. The molecule has 0 aromatic carbocycles. The van der Waals surface area contributed by atoms with Crippen molar-refractivity contribution in [3.05, 3.63) is 182 Å². The van der Waals surface area contributed by atoms with Crippen LogP contribution in [0.2, 0.25) is 0 Å². The SMILES string of the molecule is CC/C=C\C/C=C\C/C=C\C/C=C\C/C=C\C/C=C\CCCCCCCCC(=O)OCC(COP(=O)(O)OCC(O)COP(=O)(O)OCC(O)COC(=O)CCCCCCCCCCCCCCCCCCCCC/C=C\C/C=C\C/C=C\C/C=C\C/C=C\CC)OC(=O)CCCCCCCC/C=C\C/C=C\C/C=C\C/C=C\CC. The molecule has 0 heterocycles. The summed E-state index contributed by atoms with van der Waals surface area (Å²) < 4.78 is 61.4. The number of hydrogen-bond donors (Lipinski definition) is 4. The first-order chi connectivity index (χ1) is 56.2. The molecule has 0 saturated heterocycles. The van der Waals surface area contributed by atoms with Crippen LogP contribution < -0.4 is 0 Å². The summed E-state index contributed by atoms with van der Waals surface area (Å²) in [4.78, 5) is 58.9. The van der Waals surface area contributed by atoms with Crippen LogP contribution in [-0.2, 0) is 55.8 Å². The zero-order valence-corrected chi connectivity index (χ0v) is 73.9. The second-order valence-corrected chi connectivity index (χ2v) is 32.5. The fraction of sp³-hybridized carbons (Fsp3) is 0.660. The van der Waals surface area contributed by atoms with Crippen LogP contribution in [0.25, 0.3) is 0 Å². The number of carbonyl (C=O) groups excluding carboxylic acids is 3. The standard InChI is InChI=1S/C97H162O16P2/c1-4-7-10-13-16-19-22-25-28-31-34-36-38-40-41-42-43-44-45-46-47-48-49-51-53-54-57-59-62-65-68-71-74-77-80-83-95(100)107-86-92(98)87-109-114(103,104)110-88-93(99)89-111-115(105,106)112-91-94(113-97(102)85-82-79-76-73-70-67-64-61-56-33-30-27-24-21-18-15-12-9-6-3)90-108-96(101)84-81-78-75-72-69-66-63-60-58-55-52-50-39-37-35-32-29-26-23-20-17-14-11-8-5-2/h7-12,16-21,25-30,34-37,40-41,50,52,56,58,60-61,92-94,98-99H,4-6,13-15,22-24,31-33,38-39,42-49,51,53-55,57,59,62-91H2,1-3H3,(H,103,104)(H,105,106)/b10-7-,11-8-,12-9-,19-16-,20-17-,21-18-,28-25-,29-26-,30-27-,36-34-,37-35-,41-40-,52-50-,60-58-,61-56-. The van der Waals surface area contributed by atoms with Crippen molar-refractivity contribution in [1.29, 1.82) is 0 Å². The van der Waals surface area contributed by atoms with Crippen molar-refractivity contribution in [2.45, 2.75) is 373 Å². The first kappa shape index (κ1) is 110. The zero-order valence-electron chi connectivity index (χ0n) is 72.1. The number of esters is 3. The Morgan fingerprint density at radius 3 is 0.687 bits per heavy atom. The maximum Gasteiger partial charge on any atom is 0.472 e. The number of aliphatic hydroxyl groups is 2. The van der Waals surface area contributed by atoms with Crippen LogP contribution in [0, 0.1) is 0 Å². The molecule has 5 atom stereocenters. The first-order valence-electron chi connectivity index (χ1n) is 45.1. The summed E-state index contributed by atoms with van der Waals surface area (Å²) in [6.45, 7) is 2.33. The molecule has 0 aliphatic carbocycles. The van der Waals surface area contributed by atoms with Crippen LogP contribution in [-0.4, -0.2) is 95.9 Å². The van der Waals surface area contributed by atoms with E-state index >= 15 is 0 Å². The summed E-state index contributed by atoms with van der Waals surface area (Å²) in [5.74, 6) is -1.61. The summed E-state index contributed by atoms with van der Waals surface area (Å²) in [6, 6.07) is 0. The Morgan fingerprint density at radius 1 is 0.243 bits per heavy atom. The van der Waals surface area contributed by atoms with E-state index in [-0.39, 0.29) is 19.3 Å². The second kappa shape index (κ2) is 87.9. The minimum Gasteiger partial charge on any atom is -0.463 e. The minimum atomic E-state index is -4.95. The van der Waals surface area contributed by atoms with Crippen LogP contribution in [0.15, 0.2) is 182 Å². The second-order valence-electron chi connectivity index (χ2n) is 29.6. The van der Waals surface area contributed by atoms with E-state index in [4.69, 9.17) is 32.3 Å². The van der Waals surface area contributed by atoms with Gasteiger partial charge in [0.2, 0.25) is 0 Å². The van der Waals surface area contributed by atoms with Gasteiger partial charge in [-0.2, -0.15) is 0 Å². The molecule has 0 bridgehead atoms. The highest BCUT2D eigenvalue weighted by atomic mass is 31.2. The number of allylic oxidation sites excluding steroid dienone is 30. The number of rotatable bonds is 84. The zero-order chi connectivity index (χ0) is 83.6. The van der Waals surface area contributed by atoms with Crippen LogP contribution >= 0.6 is 15.6 Å². The normalized spacial score (nSPS) is 14.7. The highest BCUT2D eigenvalue weighted by Crippen LogP contribution is 2.45. The van der Waals surface area contributed by atoms with E-state index in [9.17, 15) is 43.5 Å². The van der Waals surface area contributed by atoms with Crippen molar-refractivity contribution < 1.29 is 75.8 Å². The number of hydrogen-bond acceptors (Lipinski definition) is 14. The topological polar surface area (TPSA) is 231 Å². The first-order valence-corrected chi connectivity index (χ1v) is 48.1. The molecule has 656 valence electrons. The molecule has 0 aliphatic heterocycles. The van der Waals surface area contributed by atoms with E-state index in [2.05, 4.69) is 203 Å². The van der Waals surface area contributed by atoms with Crippen molar-refractivity contribution in [3.63, 3.8) is 0 Å². The average Bonchev–Trinajstić information content (AvgIpc) is 0.920. The van der Waals surface area contributed by atoms with Gasteiger partial charge in [0.1, 0.15) is 25.4 Å². The number of carbonyl (C=O) groups is 3. The molecule has 0 rings (SSSR count). The van der Waals surface area contributed by atoms with Gasteiger partial charge in [0.05, 0.1) is 26.4 Å². The number of phosphoric ester groups is 2. The van der Waals surface area contributed by atoms with Gasteiger partial charge in [-0.3, -0.25) is 32.5 Å². The Morgan fingerprint density at radius 2 is 0.435 bits per heavy atom. The fourth-order valence-corrected chi connectivity index (χ4v) is 13.5.